The van der Waals surface area contributed by atoms with Crippen LogP contribution in [0.4, 0.5) is 15.8 Å². The molecule has 0 aromatic heterocycles. The molecule has 19 heavy (non-hydrogen) atoms. The van der Waals surface area contributed by atoms with Gasteiger partial charge in [0.2, 0.25) is 0 Å². The summed E-state index contributed by atoms with van der Waals surface area (Å²) in [6.07, 6.45) is 0. The number of rotatable bonds is 4. The number of nitro groups is 1. The van der Waals surface area contributed by atoms with E-state index in [9.17, 15) is 14.5 Å². The highest BCUT2D eigenvalue weighted by Crippen LogP contribution is 2.28. The molecule has 0 atom stereocenters. The molecule has 0 fully saturated rings. The summed E-state index contributed by atoms with van der Waals surface area (Å²) < 4.78 is 13.4. The summed E-state index contributed by atoms with van der Waals surface area (Å²) in [5, 5.41) is 13.8. The van der Waals surface area contributed by atoms with Gasteiger partial charge in [0.15, 0.2) is 0 Å². The highest BCUT2D eigenvalue weighted by molar-refractivity contribution is 9.10. The van der Waals surface area contributed by atoms with Gasteiger partial charge in [-0.25, -0.2) is 4.39 Å². The Balaban J connectivity index is 2.16. The van der Waals surface area contributed by atoms with E-state index in [-0.39, 0.29) is 11.5 Å². The number of halogens is 2. The Morgan fingerprint density at radius 3 is 2.68 bits per heavy atom. The first kappa shape index (κ1) is 13.5. The van der Waals surface area contributed by atoms with Crippen LogP contribution >= 0.6 is 15.9 Å². The van der Waals surface area contributed by atoms with E-state index >= 15 is 0 Å². The summed E-state index contributed by atoms with van der Waals surface area (Å²) in [5.41, 5.74) is 1.37. The van der Waals surface area contributed by atoms with Crippen molar-refractivity contribution in [2.24, 2.45) is 0 Å². The maximum Gasteiger partial charge on any atom is 0.283 e. The molecule has 1 N–H and O–H groups in total. The molecule has 0 aliphatic carbocycles. The van der Waals surface area contributed by atoms with Gasteiger partial charge in [0.05, 0.1) is 4.92 Å². The Labute approximate surface area is 117 Å². The Morgan fingerprint density at radius 2 is 2.00 bits per heavy atom. The summed E-state index contributed by atoms with van der Waals surface area (Å²) in [5.74, 6) is -0.330. The summed E-state index contributed by atoms with van der Waals surface area (Å²) in [7, 11) is 0. The van der Waals surface area contributed by atoms with E-state index in [1.807, 2.05) is 0 Å². The number of nitrogens with one attached hydrogen (secondary N) is 1. The van der Waals surface area contributed by atoms with Gasteiger partial charge in [-0.2, -0.15) is 0 Å². The molecule has 2 rings (SSSR count). The van der Waals surface area contributed by atoms with Crippen molar-refractivity contribution in [3.8, 4) is 0 Å². The lowest BCUT2D eigenvalue weighted by molar-refractivity contribution is -0.385. The predicted molar refractivity (Wildman–Crippen MR) is 74.5 cm³/mol. The summed E-state index contributed by atoms with van der Waals surface area (Å²) >= 11 is 3.21. The molecule has 2 aromatic rings. The monoisotopic (exact) mass is 324 g/mol. The topological polar surface area (TPSA) is 55.2 Å². The van der Waals surface area contributed by atoms with E-state index in [1.54, 1.807) is 24.3 Å². The van der Waals surface area contributed by atoms with E-state index < -0.39 is 4.92 Å². The minimum absolute atomic E-state index is 0.0125. The second-order valence-electron chi connectivity index (χ2n) is 3.87. The Hall–Kier alpha value is -1.95. The molecule has 4 nitrogen and oxygen atoms in total. The average molecular weight is 325 g/mol. The van der Waals surface area contributed by atoms with Crippen LogP contribution in [0, 0.1) is 15.9 Å². The van der Waals surface area contributed by atoms with Crippen LogP contribution in [0.3, 0.4) is 0 Å². The molecule has 98 valence electrons. The maximum atomic E-state index is 13.0. The van der Waals surface area contributed by atoms with Gasteiger partial charge in [0.25, 0.3) is 5.69 Å². The number of nitro benzene ring substituents is 1. The zero-order valence-corrected chi connectivity index (χ0v) is 11.4. The molecule has 0 heterocycles. The first-order valence-electron chi connectivity index (χ1n) is 5.49. The highest BCUT2D eigenvalue weighted by atomic mass is 79.9. The van der Waals surface area contributed by atoms with Gasteiger partial charge in [-0.1, -0.05) is 18.2 Å². The van der Waals surface area contributed by atoms with E-state index in [1.165, 1.54) is 18.2 Å². The molecule has 0 saturated carbocycles. The molecule has 0 radical (unpaired) electrons. The zero-order chi connectivity index (χ0) is 13.8. The minimum atomic E-state index is -0.449. The molecular weight excluding hydrogens is 315 g/mol. The van der Waals surface area contributed by atoms with Crippen LogP contribution in [0.1, 0.15) is 5.56 Å². The average Bonchev–Trinajstić information content (AvgIpc) is 2.37. The van der Waals surface area contributed by atoms with Crippen molar-refractivity contribution in [2.75, 3.05) is 5.32 Å². The zero-order valence-electron chi connectivity index (χ0n) is 9.77. The fourth-order valence-corrected chi connectivity index (χ4v) is 2.19. The van der Waals surface area contributed by atoms with Gasteiger partial charge in [0, 0.05) is 18.3 Å². The largest absolute Gasteiger partial charge is 0.381 e. The van der Waals surface area contributed by atoms with Gasteiger partial charge in [0.1, 0.15) is 10.3 Å². The molecular formula is C13H10BrFN2O2. The molecule has 6 heteroatoms. The molecule has 0 saturated heterocycles. The van der Waals surface area contributed by atoms with E-state index in [4.69, 9.17) is 0 Å². The van der Waals surface area contributed by atoms with Crippen molar-refractivity contribution < 1.29 is 9.31 Å². The lowest BCUT2D eigenvalue weighted by atomic mass is 10.2. The van der Waals surface area contributed by atoms with E-state index in [0.717, 1.165) is 5.56 Å². The van der Waals surface area contributed by atoms with E-state index in [0.29, 0.717) is 16.7 Å². The molecule has 0 aliphatic heterocycles. The molecule has 0 bridgehead atoms. The minimum Gasteiger partial charge on any atom is -0.381 e. The van der Waals surface area contributed by atoms with Crippen LogP contribution in [0.5, 0.6) is 0 Å². The third kappa shape index (κ3) is 3.29. The Bertz CT molecular complexity index is 619. The van der Waals surface area contributed by atoms with Crippen molar-refractivity contribution in [1.82, 2.24) is 0 Å². The van der Waals surface area contributed by atoms with Crippen LogP contribution in [0.2, 0.25) is 0 Å². The van der Waals surface area contributed by atoms with Gasteiger partial charge in [-0.3, -0.25) is 10.1 Å². The number of nitrogens with zero attached hydrogens (tertiary/aromatic N) is 1. The van der Waals surface area contributed by atoms with Crippen LogP contribution in [0.15, 0.2) is 46.9 Å². The smallest absolute Gasteiger partial charge is 0.283 e. The quantitative estimate of drug-likeness (QED) is 0.680. The first-order chi connectivity index (χ1) is 9.08. The normalized spacial score (nSPS) is 10.2. The lowest BCUT2D eigenvalue weighted by Gasteiger charge is -2.08. The van der Waals surface area contributed by atoms with Crippen LogP contribution in [0.25, 0.3) is 0 Å². The number of benzene rings is 2. The highest BCUT2D eigenvalue weighted by Gasteiger charge is 2.14. The lowest BCUT2D eigenvalue weighted by Crippen LogP contribution is -2.02. The van der Waals surface area contributed by atoms with Crippen molar-refractivity contribution in [2.45, 2.75) is 6.54 Å². The predicted octanol–water partition coefficient (Wildman–Crippen LogP) is 4.11. The Kier molecular flexibility index (Phi) is 4.11. The SMILES string of the molecule is O=[N+]([O-])c1cccc(CNc2cccc(F)c2)c1Br. The van der Waals surface area contributed by atoms with Crippen molar-refractivity contribution >= 4 is 27.3 Å². The first-order valence-corrected chi connectivity index (χ1v) is 6.28. The maximum absolute atomic E-state index is 13.0. The van der Waals surface area contributed by atoms with Crippen LogP contribution < -0.4 is 5.32 Å². The van der Waals surface area contributed by atoms with E-state index in [2.05, 4.69) is 21.2 Å². The second kappa shape index (κ2) is 5.79. The number of anilines is 1. The third-order valence-corrected chi connectivity index (χ3v) is 3.48. The summed E-state index contributed by atoms with van der Waals surface area (Å²) in [6, 6.07) is 10.9. The van der Waals surface area contributed by atoms with Gasteiger partial charge in [-0.15, -0.1) is 0 Å². The third-order valence-electron chi connectivity index (χ3n) is 2.56. The summed E-state index contributed by atoms with van der Waals surface area (Å²) in [6.45, 7) is 0.367. The molecule has 0 unspecified atom stereocenters. The van der Waals surface area contributed by atoms with Gasteiger partial charge < -0.3 is 5.32 Å². The van der Waals surface area contributed by atoms with Crippen LogP contribution in [-0.4, -0.2) is 4.92 Å². The molecule has 0 spiro atoms. The van der Waals surface area contributed by atoms with Crippen molar-refractivity contribution in [3.63, 3.8) is 0 Å². The molecule has 0 aliphatic rings. The van der Waals surface area contributed by atoms with Gasteiger partial charge in [-0.05, 0) is 39.7 Å². The standard InChI is InChI=1S/C13H10BrFN2O2/c14-13-9(3-1-6-12(13)17(18)19)8-16-11-5-2-4-10(15)7-11/h1-7,16H,8H2. The molecule has 0 amide bonds. The Morgan fingerprint density at radius 1 is 1.26 bits per heavy atom. The second-order valence-corrected chi connectivity index (χ2v) is 4.66. The number of hydrogen-bond donors (Lipinski definition) is 1. The van der Waals surface area contributed by atoms with Crippen molar-refractivity contribution in [3.05, 3.63) is 68.4 Å². The fourth-order valence-electron chi connectivity index (χ4n) is 1.64. The van der Waals surface area contributed by atoms with Crippen molar-refractivity contribution in [1.29, 1.82) is 0 Å². The van der Waals surface area contributed by atoms with Gasteiger partial charge >= 0.3 is 0 Å². The number of hydrogen-bond acceptors (Lipinski definition) is 3. The molecule has 2 aromatic carbocycles. The fraction of sp³-hybridized carbons (Fsp3) is 0.0769. The van der Waals surface area contributed by atoms with Crippen LogP contribution in [-0.2, 0) is 6.54 Å². The summed E-state index contributed by atoms with van der Waals surface area (Å²) in [4.78, 5) is 10.3.